The van der Waals surface area contributed by atoms with E-state index in [1.807, 2.05) is 12.4 Å². The minimum Gasteiger partial charge on any atom is -0.310 e. The van der Waals surface area contributed by atoms with Crippen LogP contribution in [0.1, 0.15) is 24.0 Å². The number of aromatic nitrogens is 1. The van der Waals surface area contributed by atoms with E-state index >= 15 is 0 Å². The second kappa shape index (κ2) is 3.46. The zero-order valence-electron chi connectivity index (χ0n) is 9.03. The highest BCUT2D eigenvalue weighted by molar-refractivity contribution is 5.67. The van der Waals surface area contributed by atoms with Crippen molar-refractivity contribution in [3.05, 3.63) is 35.7 Å². The van der Waals surface area contributed by atoms with Crippen molar-refractivity contribution in [1.82, 2.24) is 10.3 Å². The molecule has 3 rings (SSSR count). The van der Waals surface area contributed by atoms with Gasteiger partial charge in [0.1, 0.15) is 0 Å². The molecule has 0 bridgehead atoms. The normalized spacial score (nSPS) is 29.0. The molecular formula is C13H16N2. The first-order valence-electron chi connectivity index (χ1n) is 5.69. The number of allylic oxidation sites excluding steroid dienone is 1. The molecule has 78 valence electrons. The van der Waals surface area contributed by atoms with Crippen LogP contribution in [-0.2, 0) is 0 Å². The lowest BCUT2D eigenvalue weighted by atomic mass is 9.79. The monoisotopic (exact) mass is 200 g/mol. The largest absolute Gasteiger partial charge is 0.310 e. The molecular weight excluding hydrogens is 184 g/mol. The number of pyridine rings is 1. The van der Waals surface area contributed by atoms with E-state index in [1.54, 1.807) is 0 Å². The van der Waals surface area contributed by atoms with E-state index < -0.39 is 0 Å². The SMILES string of the molecule is Cc1cncc(C2=CC3NCC3CC2)c1. The summed E-state index contributed by atoms with van der Waals surface area (Å²) in [5, 5.41) is 3.46. The van der Waals surface area contributed by atoms with Gasteiger partial charge in [-0.1, -0.05) is 6.08 Å². The van der Waals surface area contributed by atoms with Crippen molar-refractivity contribution in [2.75, 3.05) is 6.54 Å². The summed E-state index contributed by atoms with van der Waals surface area (Å²) >= 11 is 0. The minimum absolute atomic E-state index is 0.634. The summed E-state index contributed by atoms with van der Waals surface area (Å²) in [6.45, 7) is 3.31. The molecule has 0 amide bonds. The molecule has 2 atom stereocenters. The molecule has 1 aliphatic heterocycles. The molecule has 1 saturated heterocycles. The molecule has 2 nitrogen and oxygen atoms in total. The van der Waals surface area contributed by atoms with Gasteiger partial charge in [-0.15, -0.1) is 0 Å². The van der Waals surface area contributed by atoms with E-state index in [-0.39, 0.29) is 0 Å². The van der Waals surface area contributed by atoms with Crippen LogP contribution in [0.5, 0.6) is 0 Å². The number of rotatable bonds is 1. The molecule has 2 heterocycles. The van der Waals surface area contributed by atoms with E-state index in [0.717, 1.165) is 5.92 Å². The molecule has 1 aromatic heterocycles. The van der Waals surface area contributed by atoms with E-state index in [9.17, 15) is 0 Å². The molecule has 1 aliphatic carbocycles. The third-order valence-electron chi connectivity index (χ3n) is 3.53. The number of hydrogen-bond donors (Lipinski definition) is 1. The summed E-state index contributed by atoms with van der Waals surface area (Å²) < 4.78 is 0. The van der Waals surface area contributed by atoms with Crippen LogP contribution in [0, 0.1) is 12.8 Å². The van der Waals surface area contributed by atoms with Gasteiger partial charge in [0.15, 0.2) is 0 Å². The quantitative estimate of drug-likeness (QED) is 0.751. The van der Waals surface area contributed by atoms with Gasteiger partial charge in [-0.2, -0.15) is 0 Å². The van der Waals surface area contributed by atoms with E-state index in [2.05, 4.69) is 29.4 Å². The second-order valence-electron chi connectivity index (χ2n) is 4.68. The van der Waals surface area contributed by atoms with Gasteiger partial charge in [-0.3, -0.25) is 4.98 Å². The topological polar surface area (TPSA) is 24.9 Å². The van der Waals surface area contributed by atoms with Crippen molar-refractivity contribution >= 4 is 5.57 Å². The van der Waals surface area contributed by atoms with Crippen LogP contribution >= 0.6 is 0 Å². The second-order valence-corrected chi connectivity index (χ2v) is 4.68. The van der Waals surface area contributed by atoms with Crippen molar-refractivity contribution in [3.8, 4) is 0 Å². The van der Waals surface area contributed by atoms with Gasteiger partial charge >= 0.3 is 0 Å². The van der Waals surface area contributed by atoms with Crippen LogP contribution in [0.4, 0.5) is 0 Å². The van der Waals surface area contributed by atoms with Crippen LogP contribution < -0.4 is 5.32 Å². The first kappa shape index (κ1) is 9.10. The Morgan fingerprint density at radius 1 is 1.40 bits per heavy atom. The molecule has 15 heavy (non-hydrogen) atoms. The highest BCUT2D eigenvalue weighted by atomic mass is 15.0. The van der Waals surface area contributed by atoms with Crippen LogP contribution in [0.15, 0.2) is 24.5 Å². The van der Waals surface area contributed by atoms with E-state index in [1.165, 1.54) is 36.1 Å². The molecule has 2 unspecified atom stereocenters. The minimum atomic E-state index is 0.634. The lowest BCUT2D eigenvalue weighted by Gasteiger charge is -2.40. The highest BCUT2D eigenvalue weighted by Gasteiger charge is 2.31. The molecule has 0 aromatic carbocycles. The van der Waals surface area contributed by atoms with Crippen molar-refractivity contribution in [3.63, 3.8) is 0 Å². The van der Waals surface area contributed by atoms with Crippen LogP contribution in [0.3, 0.4) is 0 Å². The standard InChI is InChI=1S/C13H16N2/c1-9-4-12(7-14-6-9)10-2-3-11-8-15-13(11)5-10/h4-7,11,13,15H,2-3,8H2,1H3. The molecule has 0 spiro atoms. The highest BCUT2D eigenvalue weighted by Crippen LogP contribution is 2.33. The summed E-state index contributed by atoms with van der Waals surface area (Å²) in [6, 6.07) is 2.87. The molecule has 1 N–H and O–H groups in total. The van der Waals surface area contributed by atoms with Crippen molar-refractivity contribution < 1.29 is 0 Å². The first-order valence-corrected chi connectivity index (χ1v) is 5.69. The molecule has 0 radical (unpaired) electrons. The zero-order chi connectivity index (χ0) is 10.3. The van der Waals surface area contributed by atoms with E-state index in [0.29, 0.717) is 6.04 Å². The molecule has 1 aromatic rings. The Labute approximate surface area is 90.4 Å². The van der Waals surface area contributed by atoms with Crippen molar-refractivity contribution in [2.45, 2.75) is 25.8 Å². The summed E-state index contributed by atoms with van der Waals surface area (Å²) in [5.41, 5.74) is 4.03. The van der Waals surface area contributed by atoms with Gasteiger partial charge in [-0.05, 0) is 48.4 Å². The van der Waals surface area contributed by atoms with Crippen molar-refractivity contribution in [1.29, 1.82) is 0 Å². The van der Waals surface area contributed by atoms with Gasteiger partial charge in [0.05, 0.1) is 0 Å². The van der Waals surface area contributed by atoms with Crippen LogP contribution in [0.25, 0.3) is 5.57 Å². The van der Waals surface area contributed by atoms with Gasteiger partial charge in [0.25, 0.3) is 0 Å². The van der Waals surface area contributed by atoms with Crippen LogP contribution in [-0.4, -0.2) is 17.6 Å². The lowest BCUT2D eigenvalue weighted by Crippen LogP contribution is -2.52. The summed E-state index contributed by atoms with van der Waals surface area (Å²) in [6.07, 6.45) is 8.84. The Kier molecular flexibility index (Phi) is 2.10. The van der Waals surface area contributed by atoms with Crippen molar-refractivity contribution in [2.24, 2.45) is 5.92 Å². The van der Waals surface area contributed by atoms with Gasteiger partial charge < -0.3 is 5.32 Å². The fraction of sp³-hybridized carbons (Fsp3) is 0.462. The fourth-order valence-corrected chi connectivity index (χ4v) is 2.51. The molecule has 1 fully saturated rings. The van der Waals surface area contributed by atoms with Gasteiger partial charge in [-0.25, -0.2) is 0 Å². The number of nitrogens with one attached hydrogen (secondary N) is 1. The average Bonchev–Trinajstić information content (AvgIpc) is 2.20. The molecule has 0 saturated carbocycles. The van der Waals surface area contributed by atoms with E-state index in [4.69, 9.17) is 0 Å². The van der Waals surface area contributed by atoms with Gasteiger partial charge in [0, 0.05) is 25.0 Å². The average molecular weight is 200 g/mol. The maximum atomic E-state index is 4.26. The Balaban J connectivity index is 1.91. The third kappa shape index (κ3) is 1.59. The maximum Gasteiger partial charge on any atom is 0.0343 e. The third-order valence-corrected chi connectivity index (χ3v) is 3.53. The number of nitrogens with zero attached hydrogens (tertiary/aromatic N) is 1. The predicted octanol–water partition coefficient (Wildman–Crippen LogP) is 2.16. The Morgan fingerprint density at radius 2 is 2.33 bits per heavy atom. The Morgan fingerprint density at radius 3 is 3.00 bits per heavy atom. The number of fused-ring (bicyclic) bond motifs is 1. The summed E-state index contributed by atoms with van der Waals surface area (Å²) in [4.78, 5) is 4.26. The predicted molar refractivity (Wildman–Crippen MR) is 61.5 cm³/mol. The lowest BCUT2D eigenvalue weighted by molar-refractivity contribution is 0.256. The van der Waals surface area contributed by atoms with Crippen LogP contribution in [0.2, 0.25) is 0 Å². The van der Waals surface area contributed by atoms with Gasteiger partial charge in [0.2, 0.25) is 0 Å². The first-order chi connectivity index (χ1) is 7.33. The summed E-state index contributed by atoms with van der Waals surface area (Å²) in [5.74, 6) is 0.895. The molecule has 2 aliphatic rings. The number of hydrogen-bond acceptors (Lipinski definition) is 2. The molecule has 2 heteroatoms. The maximum absolute atomic E-state index is 4.26. The smallest absolute Gasteiger partial charge is 0.0343 e. The Bertz CT molecular complexity index is 409. The fourth-order valence-electron chi connectivity index (χ4n) is 2.51. The number of aryl methyl sites for hydroxylation is 1. The summed E-state index contributed by atoms with van der Waals surface area (Å²) in [7, 11) is 0. The zero-order valence-corrected chi connectivity index (χ0v) is 9.03. The Hall–Kier alpha value is -1.15.